The summed E-state index contributed by atoms with van der Waals surface area (Å²) in [6, 6.07) is 47.5. The molecule has 1 aliphatic heterocycles. The van der Waals surface area contributed by atoms with E-state index in [0.29, 0.717) is 0 Å². The smallest absolute Gasteiger partial charge is 0.313 e. The van der Waals surface area contributed by atoms with Gasteiger partial charge in [0.25, 0.3) is 0 Å². The summed E-state index contributed by atoms with van der Waals surface area (Å²) in [5.41, 5.74) is 3.46. The summed E-state index contributed by atoms with van der Waals surface area (Å²) >= 11 is 0. The van der Waals surface area contributed by atoms with Crippen LogP contribution in [-0.4, -0.2) is 4.89 Å². The Balaban J connectivity index is 1.57. The lowest BCUT2D eigenvalue weighted by Gasteiger charge is -2.31. The van der Waals surface area contributed by atoms with E-state index in [2.05, 4.69) is 24.3 Å². The van der Waals surface area contributed by atoms with Crippen LogP contribution >= 0.6 is 7.67 Å². The first-order valence-electron chi connectivity index (χ1n) is 13.1. The molecule has 0 unspecified atom stereocenters. The van der Waals surface area contributed by atoms with Crippen molar-refractivity contribution in [1.82, 2.24) is 0 Å². The molecule has 6 aromatic carbocycles. The maximum absolute atomic E-state index is 15.1. The zero-order valence-corrected chi connectivity index (χ0v) is 22.1. The third-order valence-electron chi connectivity index (χ3n) is 7.70. The zero-order valence-electron chi connectivity index (χ0n) is 21.2. The number of rotatable bonds is 4. The van der Waals surface area contributed by atoms with Crippen molar-refractivity contribution in [3.8, 4) is 0 Å². The molecule has 0 bridgehead atoms. The van der Waals surface area contributed by atoms with Gasteiger partial charge in [-0.3, -0.25) is 9.34 Å². The Kier molecular flexibility index (Phi) is 5.73. The topological polar surface area (TPSA) is 43.8 Å². The summed E-state index contributed by atoms with van der Waals surface area (Å²) < 4.78 is 18.7. The Morgan fingerprint density at radius 3 is 1.26 bits per heavy atom. The van der Waals surface area contributed by atoms with Gasteiger partial charge in [-0.25, -0.2) is 4.57 Å². The molecule has 1 saturated heterocycles. The van der Waals surface area contributed by atoms with Crippen molar-refractivity contribution in [2.24, 2.45) is 0 Å². The van der Waals surface area contributed by atoms with Crippen molar-refractivity contribution in [3.63, 3.8) is 0 Å². The standard InChI is InChI=1S/C34H27N2O2P/c37-39(38)35(31-23-11-19-25-13-7-9-21-29(25)31)33(27-15-3-1-4-16-27)34(28-17-5-2-6-18-28)36(39)32-24-12-20-26-14-8-10-22-30(26)32/h1-24,33-34H,(H,37,38)/t33-,34-/m1/s1. The zero-order chi connectivity index (χ0) is 26.4. The first-order valence-corrected chi connectivity index (χ1v) is 14.7. The van der Waals surface area contributed by atoms with E-state index in [-0.39, 0.29) is 0 Å². The molecule has 0 aliphatic carbocycles. The Morgan fingerprint density at radius 2 is 0.821 bits per heavy atom. The fourth-order valence-corrected chi connectivity index (χ4v) is 8.32. The summed E-state index contributed by atoms with van der Waals surface area (Å²) in [5, 5.41) is 3.95. The Bertz CT molecular complexity index is 1700. The van der Waals surface area contributed by atoms with Gasteiger partial charge < -0.3 is 4.89 Å². The SMILES string of the molecule is O=P1(O)N(c2cccc3ccccc23)[C@H](c2ccccc2)[C@@H](c2ccccc2)N1c1cccc2ccccc12. The van der Waals surface area contributed by atoms with Gasteiger partial charge in [0.05, 0.1) is 23.5 Å². The van der Waals surface area contributed by atoms with E-state index in [1.807, 2.05) is 121 Å². The van der Waals surface area contributed by atoms with Crippen molar-refractivity contribution < 1.29 is 9.46 Å². The molecular formula is C34H27N2O2P. The molecule has 6 aromatic rings. The molecule has 0 spiro atoms. The van der Waals surface area contributed by atoms with Gasteiger partial charge in [-0.1, -0.05) is 133 Å². The molecule has 5 heteroatoms. The molecule has 4 nitrogen and oxygen atoms in total. The molecule has 0 radical (unpaired) electrons. The van der Waals surface area contributed by atoms with Gasteiger partial charge in [0.15, 0.2) is 0 Å². The van der Waals surface area contributed by atoms with Crippen LogP contribution in [0.3, 0.4) is 0 Å². The van der Waals surface area contributed by atoms with E-state index in [1.165, 1.54) is 0 Å². The Hall–Kier alpha value is -4.37. The average Bonchev–Trinajstić information content (AvgIpc) is 3.24. The minimum Gasteiger partial charge on any atom is -0.313 e. The molecule has 190 valence electrons. The van der Waals surface area contributed by atoms with Crippen LogP contribution in [0.15, 0.2) is 146 Å². The maximum Gasteiger partial charge on any atom is 0.395 e. The van der Waals surface area contributed by atoms with Gasteiger partial charge in [0.2, 0.25) is 0 Å². The lowest BCUT2D eigenvalue weighted by atomic mass is 9.92. The second-order valence-electron chi connectivity index (χ2n) is 9.91. The van der Waals surface area contributed by atoms with Crippen molar-refractivity contribution in [3.05, 3.63) is 157 Å². The summed E-state index contributed by atoms with van der Waals surface area (Å²) in [5.74, 6) is 0. The predicted octanol–water partition coefficient (Wildman–Crippen LogP) is 8.90. The van der Waals surface area contributed by atoms with Gasteiger partial charge in [-0.05, 0) is 34.0 Å². The van der Waals surface area contributed by atoms with Gasteiger partial charge in [-0.15, -0.1) is 0 Å². The molecule has 0 saturated carbocycles. The van der Waals surface area contributed by atoms with Crippen LogP contribution in [0.2, 0.25) is 0 Å². The average molecular weight is 527 g/mol. The third-order valence-corrected chi connectivity index (χ3v) is 9.75. The molecular weight excluding hydrogens is 499 g/mol. The van der Waals surface area contributed by atoms with Gasteiger partial charge in [0, 0.05) is 10.8 Å². The van der Waals surface area contributed by atoms with E-state index in [0.717, 1.165) is 44.0 Å². The molecule has 2 atom stereocenters. The van der Waals surface area contributed by atoms with Crippen molar-refractivity contribution in [2.75, 3.05) is 9.34 Å². The van der Waals surface area contributed by atoms with E-state index >= 15 is 4.57 Å². The molecule has 1 heterocycles. The minimum absolute atomic E-state index is 0.422. The number of nitrogens with zero attached hydrogens (tertiary/aromatic N) is 2. The fraction of sp³-hybridized carbons (Fsp3) is 0.0588. The monoisotopic (exact) mass is 526 g/mol. The van der Waals surface area contributed by atoms with Gasteiger partial charge in [-0.2, -0.15) is 0 Å². The summed E-state index contributed by atoms with van der Waals surface area (Å²) in [4.78, 5) is 12.4. The summed E-state index contributed by atoms with van der Waals surface area (Å²) in [7, 11) is -4.19. The van der Waals surface area contributed by atoms with Crippen molar-refractivity contribution in [1.29, 1.82) is 0 Å². The summed E-state index contributed by atoms with van der Waals surface area (Å²) in [6.45, 7) is 0. The number of anilines is 2. The maximum atomic E-state index is 15.1. The first kappa shape index (κ1) is 23.7. The van der Waals surface area contributed by atoms with E-state index < -0.39 is 19.8 Å². The van der Waals surface area contributed by atoms with Crippen LogP contribution in [0.4, 0.5) is 11.4 Å². The normalized spacial score (nSPS) is 18.6. The second-order valence-corrected chi connectivity index (χ2v) is 11.8. The highest BCUT2D eigenvalue weighted by Crippen LogP contribution is 2.70. The number of fused-ring (bicyclic) bond motifs is 2. The Labute approximate surface area is 227 Å². The molecule has 39 heavy (non-hydrogen) atoms. The number of hydrogen-bond donors (Lipinski definition) is 1. The minimum atomic E-state index is -4.19. The lowest BCUT2D eigenvalue weighted by Crippen LogP contribution is -2.24. The van der Waals surface area contributed by atoms with Crippen LogP contribution in [0.5, 0.6) is 0 Å². The highest BCUT2D eigenvalue weighted by molar-refractivity contribution is 7.62. The van der Waals surface area contributed by atoms with Crippen LogP contribution in [-0.2, 0) is 4.57 Å². The number of hydrogen-bond acceptors (Lipinski definition) is 1. The lowest BCUT2D eigenvalue weighted by molar-refractivity contribution is 0.477. The molecule has 1 aliphatic rings. The van der Waals surface area contributed by atoms with Crippen LogP contribution in [0, 0.1) is 0 Å². The molecule has 7 rings (SSSR count). The van der Waals surface area contributed by atoms with E-state index in [9.17, 15) is 4.89 Å². The fourth-order valence-electron chi connectivity index (χ4n) is 6.04. The number of benzene rings is 6. The van der Waals surface area contributed by atoms with Crippen LogP contribution in [0.1, 0.15) is 23.2 Å². The van der Waals surface area contributed by atoms with Crippen molar-refractivity contribution in [2.45, 2.75) is 12.1 Å². The molecule has 0 aromatic heterocycles. The largest absolute Gasteiger partial charge is 0.395 e. The quantitative estimate of drug-likeness (QED) is 0.233. The van der Waals surface area contributed by atoms with Crippen LogP contribution in [0.25, 0.3) is 21.5 Å². The second kappa shape index (κ2) is 9.43. The molecule has 1 fully saturated rings. The van der Waals surface area contributed by atoms with E-state index in [4.69, 9.17) is 0 Å². The summed E-state index contributed by atoms with van der Waals surface area (Å²) in [6.07, 6.45) is 0. The molecule has 0 amide bonds. The highest BCUT2D eigenvalue weighted by Gasteiger charge is 2.56. The van der Waals surface area contributed by atoms with Crippen LogP contribution < -0.4 is 9.34 Å². The first-order chi connectivity index (χ1) is 19.1. The van der Waals surface area contributed by atoms with Gasteiger partial charge in [0.1, 0.15) is 0 Å². The Morgan fingerprint density at radius 1 is 0.462 bits per heavy atom. The third kappa shape index (κ3) is 3.84. The van der Waals surface area contributed by atoms with E-state index in [1.54, 1.807) is 9.34 Å². The predicted molar refractivity (Wildman–Crippen MR) is 161 cm³/mol. The van der Waals surface area contributed by atoms with Crippen molar-refractivity contribution >= 4 is 40.6 Å². The molecule has 1 N–H and O–H groups in total. The highest BCUT2D eigenvalue weighted by atomic mass is 31.2. The van der Waals surface area contributed by atoms with Gasteiger partial charge >= 0.3 is 7.67 Å².